The molecule has 2 aromatic rings. The van der Waals surface area contributed by atoms with Gasteiger partial charge in [-0.3, -0.25) is 9.59 Å². The van der Waals surface area contributed by atoms with Crippen LogP contribution in [0.25, 0.3) is 0 Å². The lowest BCUT2D eigenvalue weighted by molar-refractivity contribution is 0.0687. The highest BCUT2D eigenvalue weighted by Crippen LogP contribution is 2.15. The Hall–Kier alpha value is -3.23. The van der Waals surface area contributed by atoms with Crippen molar-refractivity contribution >= 4 is 21.8 Å². The molecule has 40 heavy (non-hydrogen) atoms. The van der Waals surface area contributed by atoms with Crippen LogP contribution in [0.4, 0.5) is 0 Å². The first kappa shape index (κ1) is 33.0. The maximum absolute atomic E-state index is 13.5. The van der Waals surface area contributed by atoms with Crippen LogP contribution in [0.2, 0.25) is 0 Å². The number of rotatable bonds is 15. The quantitative estimate of drug-likeness (QED) is 0.224. The molecule has 2 amide bonds. The molecule has 0 saturated heterocycles. The first-order chi connectivity index (χ1) is 18.9. The highest BCUT2D eigenvalue weighted by atomic mass is 32.2. The second-order valence-corrected chi connectivity index (χ2v) is 12.4. The van der Waals surface area contributed by atoms with Crippen LogP contribution in [0.1, 0.15) is 72.4 Å². The number of hydrogen-bond acceptors (Lipinski definition) is 6. The number of sulfonamides is 1. The summed E-state index contributed by atoms with van der Waals surface area (Å²) < 4.78 is 24.5. The van der Waals surface area contributed by atoms with Gasteiger partial charge in [-0.2, -0.15) is 0 Å². The van der Waals surface area contributed by atoms with Crippen molar-refractivity contribution in [3.05, 3.63) is 70.8 Å². The molecular formula is C30H42N4O5S. The molecule has 10 heteroatoms. The van der Waals surface area contributed by atoms with Crippen molar-refractivity contribution < 1.29 is 23.1 Å². The summed E-state index contributed by atoms with van der Waals surface area (Å²) in [5, 5.41) is 14.6. The van der Waals surface area contributed by atoms with Gasteiger partial charge in [0.05, 0.1) is 17.4 Å². The maximum atomic E-state index is 13.5. The first-order valence-electron chi connectivity index (χ1n) is 13.6. The summed E-state index contributed by atoms with van der Waals surface area (Å²) >= 11 is 0. The number of carbonyl (C=O) groups excluding carboxylic acids is 2. The van der Waals surface area contributed by atoms with Crippen molar-refractivity contribution in [2.75, 3.05) is 26.7 Å². The predicted octanol–water partition coefficient (Wildman–Crippen LogP) is 2.81. The van der Waals surface area contributed by atoms with Gasteiger partial charge < -0.3 is 15.3 Å². The molecule has 2 atom stereocenters. The standard InChI is InChI=1S/C30H42N4O5S/c1-7-15-34(16-8-2)30(37)26-18-23(9-3)17-25(20-26)29(36)31-27(19-24-13-11-10-12-14-24)28(35)21-33(6)32-40(38,39)22(4)5/h3,10-14,17-18,20,22,27-28,32,35H,7-8,15-16,19,21H2,1-2,4-6H3,(H,31,36). The minimum atomic E-state index is -3.61. The summed E-state index contributed by atoms with van der Waals surface area (Å²) in [4.78, 5) is 30.9. The second-order valence-electron chi connectivity index (χ2n) is 10.1. The van der Waals surface area contributed by atoms with Crippen LogP contribution in [-0.4, -0.2) is 79.3 Å². The third-order valence-corrected chi connectivity index (χ3v) is 8.13. The van der Waals surface area contributed by atoms with Gasteiger partial charge in [-0.15, -0.1) is 11.3 Å². The van der Waals surface area contributed by atoms with E-state index in [0.29, 0.717) is 30.6 Å². The Bertz CT molecular complexity index is 1270. The molecule has 2 aromatic carbocycles. The Morgan fingerprint density at radius 3 is 2.17 bits per heavy atom. The molecule has 0 aliphatic rings. The third kappa shape index (κ3) is 9.75. The fourth-order valence-electron chi connectivity index (χ4n) is 4.17. The summed E-state index contributed by atoms with van der Waals surface area (Å²) in [7, 11) is -2.10. The average Bonchev–Trinajstić information content (AvgIpc) is 2.91. The van der Waals surface area contributed by atoms with E-state index in [9.17, 15) is 23.1 Å². The van der Waals surface area contributed by atoms with E-state index in [1.54, 1.807) is 24.8 Å². The Balaban J connectivity index is 2.34. The zero-order valence-electron chi connectivity index (χ0n) is 24.1. The highest BCUT2D eigenvalue weighted by Gasteiger charge is 2.27. The van der Waals surface area contributed by atoms with Crippen LogP contribution in [0.15, 0.2) is 48.5 Å². The molecular weight excluding hydrogens is 528 g/mol. The summed E-state index contributed by atoms with van der Waals surface area (Å²) in [6, 6.07) is 13.2. The number of amides is 2. The van der Waals surface area contributed by atoms with E-state index in [1.165, 1.54) is 24.2 Å². The van der Waals surface area contributed by atoms with Crippen LogP contribution in [-0.2, 0) is 16.4 Å². The molecule has 0 heterocycles. The molecule has 0 aromatic heterocycles. The van der Waals surface area contributed by atoms with Crippen LogP contribution >= 0.6 is 0 Å². The van der Waals surface area contributed by atoms with E-state index in [2.05, 4.69) is 16.1 Å². The molecule has 0 aliphatic carbocycles. The Morgan fingerprint density at radius 1 is 1.02 bits per heavy atom. The van der Waals surface area contributed by atoms with E-state index in [1.807, 2.05) is 44.2 Å². The van der Waals surface area contributed by atoms with Crippen molar-refractivity contribution in [1.82, 2.24) is 20.1 Å². The molecule has 218 valence electrons. The molecule has 0 radical (unpaired) electrons. The molecule has 0 saturated carbocycles. The van der Waals surface area contributed by atoms with E-state index in [-0.39, 0.29) is 18.0 Å². The number of aliphatic hydroxyl groups is 1. The molecule has 0 fully saturated rings. The topological polar surface area (TPSA) is 119 Å². The number of hydrazine groups is 1. The number of carbonyl (C=O) groups is 2. The fraction of sp³-hybridized carbons (Fsp3) is 0.467. The van der Waals surface area contributed by atoms with Gasteiger partial charge in [0, 0.05) is 43.4 Å². The lowest BCUT2D eigenvalue weighted by atomic mass is 9.99. The summed E-state index contributed by atoms with van der Waals surface area (Å²) in [6.45, 7) is 8.20. The predicted molar refractivity (Wildman–Crippen MR) is 158 cm³/mol. The average molecular weight is 571 g/mol. The van der Waals surface area contributed by atoms with Gasteiger partial charge >= 0.3 is 0 Å². The zero-order valence-corrected chi connectivity index (χ0v) is 24.9. The molecule has 0 aliphatic heterocycles. The lowest BCUT2D eigenvalue weighted by Gasteiger charge is -2.29. The van der Waals surface area contributed by atoms with Crippen molar-refractivity contribution in [3.63, 3.8) is 0 Å². The number of benzene rings is 2. The number of aliphatic hydroxyl groups excluding tert-OH is 1. The van der Waals surface area contributed by atoms with Crippen molar-refractivity contribution in [2.45, 2.75) is 64.4 Å². The Labute approximate surface area is 239 Å². The molecule has 0 spiro atoms. The summed E-state index contributed by atoms with van der Waals surface area (Å²) in [5.41, 5.74) is 1.79. The minimum absolute atomic E-state index is 0.0825. The van der Waals surface area contributed by atoms with Crippen LogP contribution in [0, 0.1) is 12.3 Å². The number of nitrogens with one attached hydrogen (secondary N) is 2. The van der Waals surface area contributed by atoms with Crippen LogP contribution < -0.4 is 10.1 Å². The number of likely N-dealkylation sites (N-methyl/N-ethyl adjacent to an activating group) is 1. The largest absolute Gasteiger partial charge is 0.390 e. The van der Waals surface area contributed by atoms with E-state index < -0.39 is 33.3 Å². The van der Waals surface area contributed by atoms with Crippen LogP contribution in [0.3, 0.4) is 0 Å². The Morgan fingerprint density at radius 2 is 1.62 bits per heavy atom. The van der Waals surface area contributed by atoms with Gasteiger partial charge in [-0.1, -0.05) is 50.1 Å². The second kappa shape index (κ2) is 15.5. The SMILES string of the molecule is C#Cc1cc(C(=O)NC(Cc2ccccc2)C(O)CN(C)NS(=O)(=O)C(C)C)cc(C(=O)N(CCC)CCC)c1. The molecule has 9 nitrogen and oxygen atoms in total. The highest BCUT2D eigenvalue weighted by molar-refractivity contribution is 7.90. The molecule has 0 bridgehead atoms. The Kier molecular flexibility index (Phi) is 12.8. The van der Waals surface area contributed by atoms with Gasteiger partial charge in [-0.25, -0.2) is 13.4 Å². The van der Waals surface area contributed by atoms with Gasteiger partial charge in [0.1, 0.15) is 0 Å². The molecule has 2 unspecified atom stereocenters. The van der Waals surface area contributed by atoms with E-state index >= 15 is 0 Å². The minimum Gasteiger partial charge on any atom is -0.390 e. The maximum Gasteiger partial charge on any atom is 0.253 e. The third-order valence-electron chi connectivity index (χ3n) is 6.33. The number of terminal acetylenes is 1. The zero-order chi connectivity index (χ0) is 29.9. The van der Waals surface area contributed by atoms with Crippen molar-refractivity contribution in [1.29, 1.82) is 0 Å². The smallest absolute Gasteiger partial charge is 0.253 e. The molecule has 2 rings (SSSR count). The van der Waals surface area contributed by atoms with Crippen molar-refractivity contribution in [3.8, 4) is 12.3 Å². The first-order valence-corrected chi connectivity index (χ1v) is 15.1. The van der Waals surface area contributed by atoms with Gasteiger partial charge in [0.2, 0.25) is 10.0 Å². The number of hydrogen-bond donors (Lipinski definition) is 3. The van der Waals surface area contributed by atoms with Gasteiger partial charge in [-0.05, 0) is 56.9 Å². The normalized spacial score (nSPS) is 13.1. The van der Waals surface area contributed by atoms with Crippen LogP contribution in [0.5, 0.6) is 0 Å². The van der Waals surface area contributed by atoms with Gasteiger partial charge in [0.15, 0.2) is 0 Å². The van der Waals surface area contributed by atoms with E-state index in [0.717, 1.165) is 18.4 Å². The fourth-order valence-corrected chi connectivity index (χ4v) is 4.89. The number of nitrogens with zero attached hydrogens (tertiary/aromatic N) is 2. The monoisotopic (exact) mass is 570 g/mol. The van der Waals surface area contributed by atoms with Gasteiger partial charge in [0.25, 0.3) is 11.8 Å². The summed E-state index contributed by atoms with van der Waals surface area (Å²) in [5.74, 6) is 1.82. The lowest BCUT2D eigenvalue weighted by Crippen LogP contribution is -2.52. The van der Waals surface area contributed by atoms with E-state index in [4.69, 9.17) is 6.42 Å². The van der Waals surface area contributed by atoms with Crippen molar-refractivity contribution in [2.24, 2.45) is 0 Å². The molecule has 3 N–H and O–H groups in total. The summed E-state index contributed by atoms with van der Waals surface area (Å²) in [6.07, 6.45) is 6.41.